The van der Waals surface area contributed by atoms with Gasteiger partial charge >= 0.3 is 5.97 Å². The van der Waals surface area contributed by atoms with Crippen LogP contribution in [0, 0.1) is 0 Å². The Balaban J connectivity index is 2.06. The molecule has 0 N–H and O–H groups in total. The number of nitrogens with zero attached hydrogens (tertiary/aromatic N) is 2. The molecule has 1 saturated heterocycles. The Morgan fingerprint density at radius 2 is 2.10 bits per heavy atom. The summed E-state index contributed by atoms with van der Waals surface area (Å²) in [4.78, 5) is 18.4. The molecule has 0 atom stereocenters. The summed E-state index contributed by atoms with van der Waals surface area (Å²) in [7, 11) is 1.39. The highest BCUT2D eigenvalue weighted by molar-refractivity contribution is 6.04. The van der Waals surface area contributed by atoms with E-state index in [0.717, 1.165) is 42.9 Å². The van der Waals surface area contributed by atoms with Crippen LogP contribution in [0.5, 0.6) is 0 Å². The minimum absolute atomic E-state index is 0.337. The predicted octanol–water partition coefficient (Wildman–Crippen LogP) is 1.86. The average Bonchev–Trinajstić information content (AvgIpc) is 2.54. The van der Waals surface area contributed by atoms with Gasteiger partial charge in [0.05, 0.1) is 31.4 Å². The SMILES string of the molecule is COC(=O)c1ccnc2ccc(N3CCOCC3)cc12. The third kappa shape index (κ3) is 2.32. The van der Waals surface area contributed by atoms with Crippen LogP contribution < -0.4 is 4.90 Å². The Bertz CT molecular complexity index is 636. The first-order chi connectivity index (χ1) is 9.79. The van der Waals surface area contributed by atoms with Gasteiger partial charge in [-0.3, -0.25) is 4.98 Å². The molecule has 0 radical (unpaired) electrons. The molecule has 1 fully saturated rings. The molecule has 0 unspecified atom stereocenters. The van der Waals surface area contributed by atoms with Crippen molar-refractivity contribution in [1.82, 2.24) is 4.98 Å². The number of carbonyl (C=O) groups excluding carboxylic acids is 1. The van der Waals surface area contributed by atoms with E-state index in [-0.39, 0.29) is 5.97 Å². The Morgan fingerprint density at radius 1 is 1.30 bits per heavy atom. The minimum atomic E-state index is -0.337. The molecule has 1 aromatic carbocycles. The molecule has 1 aliphatic rings. The van der Waals surface area contributed by atoms with Gasteiger partial charge in [0.1, 0.15) is 0 Å². The Hall–Kier alpha value is -2.14. The van der Waals surface area contributed by atoms with Crippen LogP contribution in [0.1, 0.15) is 10.4 Å². The summed E-state index contributed by atoms with van der Waals surface area (Å²) in [5.74, 6) is -0.337. The van der Waals surface area contributed by atoms with Crippen molar-refractivity contribution in [2.75, 3.05) is 38.3 Å². The van der Waals surface area contributed by atoms with Crippen LogP contribution in [-0.2, 0) is 9.47 Å². The van der Waals surface area contributed by atoms with Gasteiger partial charge in [-0.05, 0) is 24.3 Å². The number of ether oxygens (including phenoxy) is 2. The normalized spacial score (nSPS) is 15.3. The van der Waals surface area contributed by atoms with E-state index in [1.54, 1.807) is 12.3 Å². The Kier molecular flexibility index (Phi) is 3.52. The number of hydrogen-bond acceptors (Lipinski definition) is 5. The van der Waals surface area contributed by atoms with Crippen LogP contribution in [0.3, 0.4) is 0 Å². The lowest BCUT2D eigenvalue weighted by Gasteiger charge is -2.29. The first-order valence-corrected chi connectivity index (χ1v) is 6.59. The van der Waals surface area contributed by atoms with E-state index in [2.05, 4.69) is 9.88 Å². The van der Waals surface area contributed by atoms with E-state index >= 15 is 0 Å². The van der Waals surface area contributed by atoms with Crippen molar-refractivity contribution in [3.8, 4) is 0 Å². The van der Waals surface area contributed by atoms with Crippen LogP contribution in [0.25, 0.3) is 10.9 Å². The largest absolute Gasteiger partial charge is 0.465 e. The zero-order chi connectivity index (χ0) is 13.9. The predicted molar refractivity (Wildman–Crippen MR) is 76.1 cm³/mol. The summed E-state index contributed by atoms with van der Waals surface area (Å²) in [5.41, 5.74) is 2.43. The van der Waals surface area contributed by atoms with Gasteiger partial charge in [-0.15, -0.1) is 0 Å². The first kappa shape index (κ1) is 12.9. The number of aromatic nitrogens is 1. The highest BCUT2D eigenvalue weighted by Crippen LogP contribution is 2.24. The molecule has 0 bridgehead atoms. The maximum absolute atomic E-state index is 11.8. The molecular weight excluding hydrogens is 256 g/mol. The van der Waals surface area contributed by atoms with Gasteiger partial charge < -0.3 is 14.4 Å². The molecule has 0 saturated carbocycles. The zero-order valence-electron chi connectivity index (χ0n) is 11.3. The van der Waals surface area contributed by atoms with Gasteiger partial charge in [0.15, 0.2) is 0 Å². The second-order valence-corrected chi connectivity index (χ2v) is 4.65. The van der Waals surface area contributed by atoms with Gasteiger partial charge in [-0.1, -0.05) is 0 Å². The number of morpholine rings is 1. The fraction of sp³-hybridized carbons (Fsp3) is 0.333. The van der Waals surface area contributed by atoms with Crippen LogP contribution in [-0.4, -0.2) is 44.4 Å². The van der Waals surface area contributed by atoms with Crippen LogP contribution in [0.2, 0.25) is 0 Å². The molecule has 2 heterocycles. The number of esters is 1. The molecule has 1 aliphatic heterocycles. The summed E-state index contributed by atoms with van der Waals surface area (Å²) in [6.07, 6.45) is 1.63. The van der Waals surface area contributed by atoms with Crippen molar-refractivity contribution >= 4 is 22.6 Å². The topological polar surface area (TPSA) is 51.7 Å². The fourth-order valence-corrected chi connectivity index (χ4v) is 2.44. The monoisotopic (exact) mass is 272 g/mol. The van der Waals surface area contributed by atoms with E-state index in [1.165, 1.54) is 7.11 Å². The molecule has 20 heavy (non-hydrogen) atoms. The Labute approximate surface area is 117 Å². The standard InChI is InChI=1S/C15H16N2O3/c1-19-15(18)12-4-5-16-14-3-2-11(10-13(12)14)17-6-8-20-9-7-17/h2-5,10H,6-9H2,1H3. The van der Waals surface area contributed by atoms with Gasteiger partial charge in [-0.2, -0.15) is 0 Å². The number of carbonyl (C=O) groups is 1. The lowest BCUT2D eigenvalue weighted by molar-refractivity contribution is 0.0603. The number of hydrogen-bond donors (Lipinski definition) is 0. The Morgan fingerprint density at radius 3 is 2.85 bits per heavy atom. The molecule has 5 nitrogen and oxygen atoms in total. The van der Waals surface area contributed by atoms with Gasteiger partial charge in [0.2, 0.25) is 0 Å². The number of fused-ring (bicyclic) bond motifs is 1. The number of anilines is 1. The molecule has 0 aliphatic carbocycles. The van der Waals surface area contributed by atoms with Gasteiger partial charge in [0, 0.05) is 30.4 Å². The van der Waals surface area contributed by atoms with E-state index < -0.39 is 0 Å². The summed E-state index contributed by atoms with van der Waals surface area (Å²) < 4.78 is 10.2. The number of pyridine rings is 1. The van der Waals surface area contributed by atoms with Crippen molar-refractivity contribution in [3.05, 3.63) is 36.0 Å². The maximum Gasteiger partial charge on any atom is 0.338 e. The number of rotatable bonds is 2. The molecule has 104 valence electrons. The summed E-state index contributed by atoms with van der Waals surface area (Å²) in [6, 6.07) is 7.66. The molecule has 0 amide bonds. The second kappa shape index (κ2) is 5.46. The molecule has 3 rings (SSSR count). The summed E-state index contributed by atoms with van der Waals surface area (Å²) in [5, 5.41) is 0.823. The third-order valence-corrected chi connectivity index (χ3v) is 3.51. The van der Waals surface area contributed by atoms with Crippen molar-refractivity contribution in [1.29, 1.82) is 0 Å². The van der Waals surface area contributed by atoms with Crippen LogP contribution in [0.4, 0.5) is 5.69 Å². The molecule has 5 heteroatoms. The van der Waals surface area contributed by atoms with Crippen molar-refractivity contribution in [2.45, 2.75) is 0 Å². The lowest BCUT2D eigenvalue weighted by Crippen LogP contribution is -2.36. The number of benzene rings is 1. The van der Waals surface area contributed by atoms with Gasteiger partial charge in [-0.25, -0.2) is 4.79 Å². The number of methoxy groups -OCH3 is 1. The van der Waals surface area contributed by atoms with Crippen molar-refractivity contribution in [2.24, 2.45) is 0 Å². The van der Waals surface area contributed by atoms with Crippen LogP contribution >= 0.6 is 0 Å². The molecule has 1 aromatic heterocycles. The molecule has 0 spiro atoms. The molecular formula is C15H16N2O3. The smallest absolute Gasteiger partial charge is 0.338 e. The highest BCUT2D eigenvalue weighted by Gasteiger charge is 2.15. The fourth-order valence-electron chi connectivity index (χ4n) is 2.44. The van der Waals surface area contributed by atoms with E-state index in [0.29, 0.717) is 5.56 Å². The van der Waals surface area contributed by atoms with Crippen molar-refractivity contribution in [3.63, 3.8) is 0 Å². The molecule has 2 aromatic rings. The first-order valence-electron chi connectivity index (χ1n) is 6.59. The van der Waals surface area contributed by atoms with E-state index in [4.69, 9.17) is 9.47 Å². The lowest BCUT2D eigenvalue weighted by atomic mass is 10.1. The average molecular weight is 272 g/mol. The van der Waals surface area contributed by atoms with Crippen LogP contribution in [0.15, 0.2) is 30.5 Å². The summed E-state index contributed by atoms with van der Waals surface area (Å²) in [6.45, 7) is 3.18. The van der Waals surface area contributed by atoms with Crippen molar-refractivity contribution < 1.29 is 14.3 Å². The van der Waals surface area contributed by atoms with E-state index in [1.807, 2.05) is 18.2 Å². The second-order valence-electron chi connectivity index (χ2n) is 4.65. The maximum atomic E-state index is 11.8. The minimum Gasteiger partial charge on any atom is -0.465 e. The van der Waals surface area contributed by atoms with Gasteiger partial charge in [0.25, 0.3) is 0 Å². The third-order valence-electron chi connectivity index (χ3n) is 3.51. The highest BCUT2D eigenvalue weighted by atomic mass is 16.5. The van der Waals surface area contributed by atoms with E-state index in [9.17, 15) is 4.79 Å². The zero-order valence-corrected chi connectivity index (χ0v) is 11.3. The quantitative estimate of drug-likeness (QED) is 0.781. The summed E-state index contributed by atoms with van der Waals surface area (Å²) >= 11 is 0.